The maximum Gasteiger partial charge on any atom is 0.412 e. The predicted octanol–water partition coefficient (Wildman–Crippen LogP) is 2.22. The van der Waals surface area contributed by atoms with Crippen LogP contribution in [-0.4, -0.2) is 36.1 Å². The van der Waals surface area contributed by atoms with Crippen LogP contribution < -0.4 is 4.90 Å². The van der Waals surface area contributed by atoms with E-state index >= 15 is 0 Å². The topological polar surface area (TPSA) is 70.0 Å². The third-order valence-electron chi connectivity index (χ3n) is 2.51. The van der Waals surface area contributed by atoms with Crippen molar-refractivity contribution in [2.45, 2.75) is 19.9 Å². The lowest BCUT2D eigenvalue weighted by Crippen LogP contribution is -2.40. The molecule has 0 saturated carbocycles. The SMILES string of the molecule is COCC(C)N(C(=O)O)c1c(C)cccc1O. The van der Waals surface area contributed by atoms with Gasteiger partial charge in [0.05, 0.1) is 18.3 Å². The summed E-state index contributed by atoms with van der Waals surface area (Å²) < 4.78 is 4.95. The van der Waals surface area contributed by atoms with Gasteiger partial charge in [0.25, 0.3) is 0 Å². The number of carboxylic acid groups (broad SMARTS) is 1. The molecule has 0 aromatic heterocycles. The minimum Gasteiger partial charge on any atom is -0.506 e. The first-order valence-electron chi connectivity index (χ1n) is 5.28. The van der Waals surface area contributed by atoms with Crippen molar-refractivity contribution < 1.29 is 19.7 Å². The maximum atomic E-state index is 11.3. The molecule has 1 unspecified atom stereocenters. The van der Waals surface area contributed by atoms with Gasteiger partial charge in [-0.15, -0.1) is 0 Å². The summed E-state index contributed by atoms with van der Waals surface area (Å²) in [6.45, 7) is 3.74. The molecule has 5 nitrogen and oxygen atoms in total. The highest BCUT2D eigenvalue weighted by molar-refractivity contribution is 5.90. The minimum atomic E-state index is -1.11. The zero-order valence-electron chi connectivity index (χ0n) is 10.2. The van der Waals surface area contributed by atoms with Gasteiger partial charge in [0.1, 0.15) is 5.75 Å². The van der Waals surface area contributed by atoms with Crippen LogP contribution in [-0.2, 0) is 4.74 Å². The Morgan fingerprint density at radius 1 is 1.53 bits per heavy atom. The summed E-state index contributed by atoms with van der Waals surface area (Å²) in [5.74, 6) is -0.0460. The van der Waals surface area contributed by atoms with Crippen molar-refractivity contribution in [3.63, 3.8) is 0 Å². The van der Waals surface area contributed by atoms with E-state index in [2.05, 4.69) is 0 Å². The Balaban J connectivity index is 3.18. The van der Waals surface area contributed by atoms with Gasteiger partial charge in [-0.05, 0) is 25.5 Å². The zero-order chi connectivity index (χ0) is 13.0. The molecule has 0 aliphatic carbocycles. The number of aryl methyl sites for hydroxylation is 1. The molecule has 1 aromatic rings. The first-order valence-corrected chi connectivity index (χ1v) is 5.28. The molecule has 0 aliphatic heterocycles. The standard InChI is InChI=1S/C12H17NO4/c1-8-5-4-6-10(14)11(8)13(12(15)16)9(2)7-17-3/h4-6,9,14H,7H2,1-3H3,(H,15,16). The summed E-state index contributed by atoms with van der Waals surface area (Å²) >= 11 is 0. The summed E-state index contributed by atoms with van der Waals surface area (Å²) in [6, 6.07) is 4.53. The third kappa shape index (κ3) is 2.88. The average molecular weight is 239 g/mol. The van der Waals surface area contributed by atoms with Crippen molar-refractivity contribution in [1.82, 2.24) is 0 Å². The van der Waals surface area contributed by atoms with Gasteiger partial charge in [0, 0.05) is 7.11 Å². The number of hydrogen-bond acceptors (Lipinski definition) is 3. The first-order chi connectivity index (χ1) is 7.99. The Labute approximate surface area is 100 Å². The van der Waals surface area contributed by atoms with E-state index in [1.165, 1.54) is 13.2 Å². The van der Waals surface area contributed by atoms with Crippen LogP contribution in [0.5, 0.6) is 5.75 Å². The second kappa shape index (κ2) is 5.54. The summed E-state index contributed by atoms with van der Waals surface area (Å²) in [5.41, 5.74) is 1.01. The molecular weight excluding hydrogens is 222 g/mol. The molecule has 5 heteroatoms. The number of nitrogens with zero attached hydrogens (tertiary/aromatic N) is 1. The van der Waals surface area contributed by atoms with Crippen LogP contribution in [0.25, 0.3) is 0 Å². The van der Waals surface area contributed by atoms with Crippen LogP contribution in [0.15, 0.2) is 18.2 Å². The maximum absolute atomic E-state index is 11.3. The van der Waals surface area contributed by atoms with Crippen LogP contribution in [0.2, 0.25) is 0 Å². The van der Waals surface area contributed by atoms with E-state index in [-0.39, 0.29) is 18.4 Å². The second-order valence-corrected chi connectivity index (χ2v) is 3.90. The highest BCUT2D eigenvalue weighted by Gasteiger charge is 2.25. The van der Waals surface area contributed by atoms with Gasteiger partial charge >= 0.3 is 6.09 Å². The number of rotatable bonds is 4. The van der Waals surface area contributed by atoms with Crippen molar-refractivity contribution in [2.24, 2.45) is 0 Å². The number of aromatic hydroxyl groups is 1. The molecule has 1 atom stereocenters. The summed E-state index contributed by atoms with van der Waals surface area (Å²) in [7, 11) is 1.51. The fraction of sp³-hybridized carbons (Fsp3) is 0.417. The molecule has 0 bridgehead atoms. The molecule has 0 saturated heterocycles. The van der Waals surface area contributed by atoms with Gasteiger partial charge in [-0.3, -0.25) is 4.90 Å². The lowest BCUT2D eigenvalue weighted by molar-refractivity contribution is 0.168. The lowest BCUT2D eigenvalue weighted by atomic mass is 10.1. The molecule has 0 radical (unpaired) electrons. The highest BCUT2D eigenvalue weighted by atomic mass is 16.5. The van der Waals surface area contributed by atoms with Crippen molar-refractivity contribution >= 4 is 11.8 Å². The molecule has 17 heavy (non-hydrogen) atoms. The largest absolute Gasteiger partial charge is 0.506 e. The molecule has 0 aliphatic rings. The zero-order valence-corrected chi connectivity index (χ0v) is 10.2. The highest BCUT2D eigenvalue weighted by Crippen LogP contribution is 2.32. The molecule has 1 rings (SSSR count). The Kier molecular flexibility index (Phi) is 4.34. The number of hydrogen-bond donors (Lipinski definition) is 2. The number of phenolic OH excluding ortho intramolecular Hbond substituents is 1. The Hall–Kier alpha value is -1.75. The molecule has 94 valence electrons. The van der Waals surface area contributed by atoms with Crippen LogP contribution in [0.3, 0.4) is 0 Å². The number of methoxy groups -OCH3 is 1. The van der Waals surface area contributed by atoms with Crippen LogP contribution in [0, 0.1) is 6.92 Å². The number of anilines is 1. The summed E-state index contributed by atoms with van der Waals surface area (Å²) in [4.78, 5) is 12.4. The molecule has 0 spiro atoms. The first kappa shape index (κ1) is 13.3. The van der Waals surface area contributed by atoms with E-state index in [0.717, 1.165) is 4.90 Å². The van der Waals surface area contributed by atoms with Crippen molar-refractivity contribution in [2.75, 3.05) is 18.6 Å². The Morgan fingerprint density at radius 3 is 2.65 bits per heavy atom. The molecule has 0 fully saturated rings. The number of benzene rings is 1. The monoisotopic (exact) mass is 239 g/mol. The van der Waals surface area contributed by atoms with Gasteiger partial charge in [-0.25, -0.2) is 4.79 Å². The van der Waals surface area contributed by atoms with E-state index in [0.29, 0.717) is 11.3 Å². The van der Waals surface area contributed by atoms with Crippen molar-refractivity contribution in [1.29, 1.82) is 0 Å². The molecular formula is C12H17NO4. The quantitative estimate of drug-likeness (QED) is 0.845. The summed E-state index contributed by atoms with van der Waals surface area (Å²) in [5, 5.41) is 19.0. The van der Waals surface area contributed by atoms with Gasteiger partial charge in [0.2, 0.25) is 0 Å². The fourth-order valence-corrected chi connectivity index (χ4v) is 1.78. The molecule has 0 heterocycles. The number of carbonyl (C=O) groups is 1. The molecule has 1 aromatic carbocycles. The Morgan fingerprint density at radius 2 is 2.18 bits per heavy atom. The minimum absolute atomic E-state index is 0.0460. The molecule has 1 amide bonds. The van der Waals surface area contributed by atoms with Gasteiger partial charge < -0.3 is 14.9 Å². The van der Waals surface area contributed by atoms with Crippen LogP contribution in [0.1, 0.15) is 12.5 Å². The average Bonchev–Trinajstić information content (AvgIpc) is 2.23. The third-order valence-corrected chi connectivity index (χ3v) is 2.51. The van der Waals surface area contributed by atoms with Gasteiger partial charge in [0.15, 0.2) is 0 Å². The molecule has 2 N–H and O–H groups in total. The number of phenols is 1. The van der Waals surface area contributed by atoms with E-state index in [4.69, 9.17) is 4.74 Å². The van der Waals surface area contributed by atoms with Crippen molar-refractivity contribution in [3.8, 4) is 5.75 Å². The number of ether oxygens (including phenoxy) is 1. The summed E-state index contributed by atoms with van der Waals surface area (Å²) in [6.07, 6.45) is -1.11. The normalized spacial score (nSPS) is 12.2. The van der Waals surface area contributed by atoms with E-state index in [1.54, 1.807) is 26.0 Å². The van der Waals surface area contributed by atoms with Crippen LogP contribution in [0.4, 0.5) is 10.5 Å². The van der Waals surface area contributed by atoms with Crippen molar-refractivity contribution in [3.05, 3.63) is 23.8 Å². The predicted molar refractivity (Wildman–Crippen MR) is 64.7 cm³/mol. The van der Waals surface area contributed by atoms with Crippen LogP contribution >= 0.6 is 0 Å². The lowest BCUT2D eigenvalue weighted by Gasteiger charge is -2.27. The van der Waals surface area contributed by atoms with Gasteiger partial charge in [-0.2, -0.15) is 0 Å². The van der Waals surface area contributed by atoms with E-state index in [1.807, 2.05) is 0 Å². The smallest absolute Gasteiger partial charge is 0.412 e. The van der Waals surface area contributed by atoms with E-state index < -0.39 is 6.09 Å². The number of para-hydroxylation sites is 1. The van der Waals surface area contributed by atoms with Gasteiger partial charge in [-0.1, -0.05) is 12.1 Å². The van der Waals surface area contributed by atoms with E-state index in [9.17, 15) is 15.0 Å². The number of amides is 1. The fourth-order valence-electron chi connectivity index (χ4n) is 1.78. The second-order valence-electron chi connectivity index (χ2n) is 3.90. The Bertz CT molecular complexity index is 385.